The predicted molar refractivity (Wildman–Crippen MR) is 64.6 cm³/mol. The lowest BCUT2D eigenvalue weighted by Crippen LogP contribution is -2.48. The topological polar surface area (TPSA) is 41.6 Å². The molecule has 1 spiro atoms. The maximum absolute atomic E-state index is 12.5. The maximum Gasteiger partial charge on any atom is 0.226 e. The van der Waals surface area contributed by atoms with E-state index in [2.05, 4.69) is 12.2 Å². The molecule has 0 aromatic carbocycles. The van der Waals surface area contributed by atoms with Gasteiger partial charge in [-0.25, -0.2) is 0 Å². The van der Waals surface area contributed by atoms with E-state index in [9.17, 15) is 4.79 Å². The van der Waals surface area contributed by atoms with Crippen molar-refractivity contribution in [2.24, 2.45) is 11.3 Å². The average Bonchev–Trinajstić information content (AvgIpc) is 3.04. The normalized spacial score (nSPS) is 35.9. The summed E-state index contributed by atoms with van der Waals surface area (Å²) in [7, 11) is 0. The zero-order chi connectivity index (χ0) is 11.9. The fourth-order valence-electron chi connectivity index (χ4n) is 3.43. The monoisotopic (exact) mass is 238 g/mol. The first-order valence-corrected chi connectivity index (χ1v) is 6.82. The van der Waals surface area contributed by atoms with Gasteiger partial charge in [-0.1, -0.05) is 0 Å². The summed E-state index contributed by atoms with van der Waals surface area (Å²) in [5, 5.41) is 3.38. The number of hydrogen-bond donors (Lipinski definition) is 1. The van der Waals surface area contributed by atoms with E-state index < -0.39 is 0 Å². The Morgan fingerprint density at radius 1 is 1.41 bits per heavy atom. The van der Waals surface area contributed by atoms with Crippen molar-refractivity contribution >= 4 is 5.91 Å². The SMILES string of the molecule is C[C@@H]1COCCN1C(=O)C1CC12CCNCC2. The largest absolute Gasteiger partial charge is 0.377 e. The minimum atomic E-state index is 0.260. The van der Waals surface area contributed by atoms with Gasteiger partial charge in [0.2, 0.25) is 5.91 Å². The van der Waals surface area contributed by atoms with Gasteiger partial charge in [-0.05, 0) is 44.7 Å². The maximum atomic E-state index is 12.5. The fraction of sp³-hybridized carbons (Fsp3) is 0.923. The second kappa shape index (κ2) is 4.25. The number of nitrogens with one attached hydrogen (secondary N) is 1. The summed E-state index contributed by atoms with van der Waals surface area (Å²) in [6.45, 7) is 6.45. The number of carbonyl (C=O) groups excluding carboxylic acids is 1. The van der Waals surface area contributed by atoms with Crippen LogP contribution in [0.4, 0.5) is 0 Å². The van der Waals surface area contributed by atoms with Crippen LogP contribution in [0.25, 0.3) is 0 Å². The minimum Gasteiger partial charge on any atom is -0.377 e. The highest BCUT2D eigenvalue weighted by molar-refractivity contribution is 5.83. The standard InChI is InChI=1S/C13H22N2O2/c1-10-9-17-7-6-15(10)12(16)11-8-13(11)2-4-14-5-3-13/h10-11,14H,2-9H2,1H3/t10-,11?/m1/s1. The molecule has 0 radical (unpaired) electrons. The zero-order valence-electron chi connectivity index (χ0n) is 10.6. The highest BCUT2D eigenvalue weighted by Crippen LogP contribution is 2.59. The van der Waals surface area contributed by atoms with Crippen molar-refractivity contribution in [3.63, 3.8) is 0 Å². The van der Waals surface area contributed by atoms with Crippen LogP contribution >= 0.6 is 0 Å². The lowest BCUT2D eigenvalue weighted by Gasteiger charge is -2.34. The molecule has 3 rings (SSSR count). The first kappa shape index (κ1) is 11.5. The molecule has 3 fully saturated rings. The van der Waals surface area contributed by atoms with Crippen molar-refractivity contribution in [1.29, 1.82) is 0 Å². The molecule has 2 heterocycles. The van der Waals surface area contributed by atoms with Crippen molar-refractivity contribution in [2.45, 2.75) is 32.2 Å². The fourth-order valence-corrected chi connectivity index (χ4v) is 3.43. The third-order valence-electron chi connectivity index (χ3n) is 4.74. The number of amides is 1. The second-order valence-corrected chi connectivity index (χ2v) is 5.82. The summed E-state index contributed by atoms with van der Waals surface area (Å²) in [5.74, 6) is 0.702. The molecule has 4 heteroatoms. The molecule has 0 aromatic heterocycles. The number of rotatable bonds is 1. The first-order chi connectivity index (χ1) is 8.23. The smallest absolute Gasteiger partial charge is 0.226 e. The van der Waals surface area contributed by atoms with E-state index in [4.69, 9.17) is 4.74 Å². The lowest BCUT2D eigenvalue weighted by molar-refractivity contribution is -0.141. The van der Waals surface area contributed by atoms with Crippen LogP contribution in [-0.4, -0.2) is 49.7 Å². The third kappa shape index (κ3) is 1.97. The lowest BCUT2D eigenvalue weighted by atomic mass is 9.91. The van der Waals surface area contributed by atoms with E-state index in [1.807, 2.05) is 4.90 Å². The van der Waals surface area contributed by atoms with E-state index >= 15 is 0 Å². The van der Waals surface area contributed by atoms with Crippen molar-refractivity contribution in [1.82, 2.24) is 10.2 Å². The number of morpholine rings is 1. The quantitative estimate of drug-likeness (QED) is 0.728. The van der Waals surface area contributed by atoms with Crippen molar-refractivity contribution < 1.29 is 9.53 Å². The number of carbonyl (C=O) groups is 1. The Morgan fingerprint density at radius 2 is 2.18 bits per heavy atom. The van der Waals surface area contributed by atoms with Gasteiger partial charge in [0.15, 0.2) is 0 Å². The van der Waals surface area contributed by atoms with E-state index in [0.29, 0.717) is 30.5 Å². The Bertz CT molecular complexity index is 313. The van der Waals surface area contributed by atoms with Gasteiger partial charge in [0.1, 0.15) is 0 Å². The Kier molecular flexibility index (Phi) is 2.87. The molecular weight excluding hydrogens is 216 g/mol. The summed E-state index contributed by atoms with van der Waals surface area (Å²) in [6, 6.07) is 0.260. The van der Waals surface area contributed by atoms with Gasteiger partial charge in [0.05, 0.1) is 19.3 Å². The van der Waals surface area contributed by atoms with Gasteiger partial charge in [-0.2, -0.15) is 0 Å². The van der Waals surface area contributed by atoms with Crippen LogP contribution in [0.5, 0.6) is 0 Å². The first-order valence-electron chi connectivity index (χ1n) is 6.82. The van der Waals surface area contributed by atoms with E-state index in [-0.39, 0.29) is 6.04 Å². The van der Waals surface area contributed by atoms with Gasteiger partial charge in [-0.3, -0.25) is 4.79 Å². The molecule has 2 aliphatic heterocycles. The predicted octanol–water partition coefficient (Wildman–Crippen LogP) is 0.623. The molecule has 2 atom stereocenters. The molecule has 1 aliphatic carbocycles. The van der Waals surface area contributed by atoms with Crippen LogP contribution in [-0.2, 0) is 9.53 Å². The van der Waals surface area contributed by atoms with Gasteiger partial charge in [-0.15, -0.1) is 0 Å². The number of hydrogen-bond acceptors (Lipinski definition) is 3. The number of ether oxygens (including phenoxy) is 1. The Balaban J connectivity index is 1.63. The molecule has 96 valence electrons. The molecule has 4 nitrogen and oxygen atoms in total. The molecular formula is C13H22N2O2. The van der Waals surface area contributed by atoms with Crippen molar-refractivity contribution in [3.8, 4) is 0 Å². The zero-order valence-corrected chi connectivity index (χ0v) is 10.6. The Labute approximate surface area is 103 Å². The van der Waals surface area contributed by atoms with Crippen molar-refractivity contribution in [3.05, 3.63) is 0 Å². The molecule has 1 N–H and O–H groups in total. The third-order valence-corrected chi connectivity index (χ3v) is 4.74. The molecule has 3 aliphatic rings. The van der Waals surface area contributed by atoms with Crippen LogP contribution in [0, 0.1) is 11.3 Å². The summed E-state index contributed by atoms with van der Waals surface area (Å²) >= 11 is 0. The number of nitrogens with zero attached hydrogens (tertiary/aromatic N) is 1. The molecule has 1 saturated carbocycles. The van der Waals surface area contributed by atoms with Gasteiger partial charge < -0.3 is 15.0 Å². The summed E-state index contributed by atoms with van der Waals surface area (Å²) in [6.07, 6.45) is 3.49. The van der Waals surface area contributed by atoms with Gasteiger partial charge in [0, 0.05) is 12.5 Å². The van der Waals surface area contributed by atoms with Crippen LogP contribution < -0.4 is 5.32 Å². The minimum absolute atomic E-state index is 0.260. The Morgan fingerprint density at radius 3 is 2.88 bits per heavy atom. The van der Waals surface area contributed by atoms with Crippen LogP contribution in [0.2, 0.25) is 0 Å². The van der Waals surface area contributed by atoms with Gasteiger partial charge >= 0.3 is 0 Å². The second-order valence-electron chi connectivity index (χ2n) is 5.82. The van der Waals surface area contributed by atoms with E-state index in [1.54, 1.807) is 0 Å². The average molecular weight is 238 g/mol. The molecule has 17 heavy (non-hydrogen) atoms. The molecule has 0 aromatic rings. The summed E-state index contributed by atoms with van der Waals surface area (Å²) in [5.41, 5.74) is 0.361. The highest BCUT2D eigenvalue weighted by atomic mass is 16.5. The molecule has 1 unspecified atom stereocenters. The van der Waals surface area contributed by atoms with Gasteiger partial charge in [0.25, 0.3) is 0 Å². The molecule has 1 amide bonds. The van der Waals surface area contributed by atoms with Crippen LogP contribution in [0.3, 0.4) is 0 Å². The highest BCUT2D eigenvalue weighted by Gasteiger charge is 2.58. The Hall–Kier alpha value is -0.610. The van der Waals surface area contributed by atoms with E-state index in [0.717, 1.165) is 26.1 Å². The van der Waals surface area contributed by atoms with Crippen LogP contribution in [0.15, 0.2) is 0 Å². The molecule has 2 saturated heterocycles. The molecule has 0 bridgehead atoms. The summed E-state index contributed by atoms with van der Waals surface area (Å²) in [4.78, 5) is 14.5. The van der Waals surface area contributed by atoms with E-state index in [1.165, 1.54) is 12.8 Å². The number of piperidine rings is 1. The van der Waals surface area contributed by atoms with Crippen LogP contribution in [0.1, 0.15) is 26.2 Å². The summed E-state index contributed by atoms with van der Waals surface area (Å²) < 4.78 is 5.40. The van der Waals surface area contributed by atoms with Crippen molar-refractivity contribution in [2.75, 3.05) is 32.8 Å².